The second kappa shape index (κ2) is 4.11. The van der Waals surface area contributed by atoms with Crippen LogP contribution >= 0.6 is 0 Å². The van der Waals surface area contributed by atoms with Crippen LogP contribution in [0.5, 0.6) is 0 Å². The van der Waals surface area contributed by atoms with E-state index in [0.717, 1.165) is 6.07 Å². The van der Waals surface area contributed by atoms with Gasteiger partial charge in [-0.3, -0.25) is 0 Å². The fourth-order valence-electron chi connectivity index (χ4n) is 2.25. The van der Waals surface area contributed by atoms with Crippen LogP contribution in [0.25, 0.3) is 0 Å². The summed E-state index contributed by atoms with van der Waals surface area (Å²) >= 11 is 0. The highest BCUT2D eigenvalue weighted by atomic mass is 19.1. The Morgan fingerprint density at radius 1 is 1.31 bits per heavy atom. The van der Waals surface area contributed by atoms with Crippen molar-refractivity contribution in [1.82, 2.24) is 5.32 Å². The van der Waals surface area contributed by atoms with E-state index in [0.29, 0.717) is 25.1 Å². The molecule has 1 aliphatic rings. The van der Waals surface area contributed by atoms with E-state index in [4.69, 9.17) is 0 Å². The van der Waals surface area contributed by atoms with Gasteiger partial charge in [-0.1, -0.05) is 6.92 Å². The van der Waals surface area contributed by atoms with Gasteiger partial charge in [0.15, 0.2) is 0 Å². The molecule has 1 aromatic rings. The lowest BCUT2D eigenvalue weighted by molar-refractivity contribution is -0.0396. The van der Waals surface area contributed by atoms with E-state index in [9.17, 15) is 13.9 Å². The fourth-order valence-corrected chi connectivity index (χ4v) is 2.25. The van der Waals surface area contributed by atoms with E-state index >= 15 is 0 Å². The molecule has 1 saturated heterocycles. The molecule has 2 N–H and O–H groups in total. The van der Waals surface area contributed by atoms with E-state index in [2.05, 4.69) is 5.32 Å². The third-order valence-electron chi connectivity index (χ3n) is 3.31. The van der Waals surface area contributed by atoms with Crippen LogP contribution < -0.4 is 5.32 Å². The first-order valence-electron chi connectivity index (χ1n) is 5.42. The van der Waals surface area contributed by atoms with Crippen molar-refractivity contribution in [2.45, 2.75) is 18.9 Å². The van der Waals surface area contributed by atoms with Crippen molar-refractivity contribution in [3.05, 3.63) is 35.4 Å². The molecular weight excluding hydrogens is 212 g/mol. The quantitative estimate of drug-likeness (QED) is 0.766. The van der Waals surface area contributed by atoms with Gasteiger partial charge >= 0.3 is 0 Å². The molecule has 1 heterocycles. The molecule has 2 nitrogen and oxygen atoms in total. The van der Waals surface area contributed by atoms with E-state index < -0.39 is 17.2 Å². The molecule has 16 heavy (non-hydrogen) atoms. The van der Waals surface area contributed by atoms with Crippen LogP contribution in [0.3, 0.4) is 0 Å². The standard InChI is InChI=1S/C12H15F2NO/c1-8-7-15-3-2-12(8,16)9-4-10(13)6-11(14)5-9/h4-6,8,15-16H,2-3,7H2,1H3. The summed E-state index contributed by atoms with van der Waals surface area (Å²) in [6, 6.07) is 3.24. The van der Waals surface area contributed by atoms with Gasteiger partial charge in [-0.2, -0.15) is 0 Å². The fraction of sp³-hybridized carbons (Fsp3) is 0.500. The van der Waals surface area contributed by atoms with Crippen LogP contribution in [0.4, 0.5) is 8.78 Å². The number of halogens is 2. The van der Waals surface area contributed by atoms with Crippen molar-refractivity contribution in [3.63, 3.8) is 0 Å². The number of piperidine rings is 1. The SMILES string of the molecule is CC1CNCCC1(O)c1cc(F)cc(F)c1. The van der Waals surface area contributed by atoms with Crippen LogP contribution in [-0.4, -0.2) is 18.2 Å². The number of nitrogens with one attached hydrogen (secondary N) is 1. The number of hydrogen-bond donors (Lipinski definition) is 2. The minimum atomic E-state index is -1.13. The van der Waals surface area contributed by atoms with Gasteiger partial charge in [-0.05, 0) is 30.7 Å². The summed E-state index contributed by atoms with van der Waals surface area (Å²) in [4.78, 5) is 0. The second-order valence-corrected chi connectivity index (χ2v) is 4.44. The lowest BCUT2D eigenvalue weighted by Gasteiger charge is -2.39. The third kappa shape index (κ3) is 1.95. The van der Waals surface area contributed by atoms with Gasteiger partial charge < -0.3 is 10.4 Å². The summed E-state index contributed by atoms with van der Waals surface area (Å²) in [7, 11) is 0. The summed E-state index contributed by atoms with van der Waals surface area (Å²) in [6.07, 6.45) is 0.469. The molecule has 1 fully saturated rings. The number of aliphatic hydroxyl groups is 1. The van der Waals surface area contributed by atoms with Gasteiger partial charge in [-0.15, -0.1) is 0 Å². The molecule has 88 valence electrons. The van der Waals surface area contributed by atoms with E-state index in [1.807, 2.05) is 6.92 Å². The molecule has 4 heteroatoms. The molecule has 2 atom stereocenters. The van der Waals surface area contributed by atoms with Crippen molar-refractivity contribution in [1.29, 1.82) is 0 Å². The second-order valence-electron chi connectivity index (χ2n) is 4.44. The van der Waals surface area contributed by atoms with Crippen molar-refractivity contribution in [3.8, 4) is 0 Å². The van der Waals surface area contributed by atoms with Crippen LogP contribution in [-0.2, 0) is 5.60 Å². The summed E-state index contributed by atoms with van der Waals surface area (Å²) in [5.41, 5.74) is -0.798. The van der Waals surface area contributed by atoms with Gasteiger partial charge in [0.2, 0.25) is 0 Å². The minimum Gasteiger partial charge on any atom is -0.385 e. The minimum absolute atomic E-state index is 0.0672. The highest BCUT2D eigenvalue weighted by Gasteiger charge is 2.38. The average Bonchev–Trinajstić information content (AvgIpc) is 2.21. The Kier molecular flexibility index (Phi) is 2.95. The first-order valence-corrected chi connectivity index (χ1v) is 5.42. The summed E-state index contributed by atoms with van der Waals surface area (Å²) in [5, 5.41) is 13.6. The zero-order valence-corrected chi connectivity index (χ0v) is 9.13. The van der Waals surface area contributed by atoms with E-state index in [1.54, 1.807) is 0 Å². The van der Waals surface area contributed by atoms with Gasteiger partial charge in [0, 0.05) is 18.5 Å². The smallest absolute Gasteiger partial charge is 0.126 e. The van der Waals surface area contributed by atoms with Crippen molar-refractivity contribution in [2.75, 3.05) is 13.1 Å². The number of benzene rings is 1. The maximum Gasteiger partial charge on any atom is 0.126 e. The maximum atomic E-state index is 13.1. The molecule has 0 radical (unpaired) electrons. The van der Waals surface area contributed by atoms with Crippen molar-refractivity contribution in [2.24, 2.45) is 5.92 Å². The Bertz CT molecular complexity index is 376. The Balaban J connectivity index is 2.40. The molecular formula is C12H15F2NO. The predicted octanol–water partition coefficient (Wildman–Crippen LogP) is 1.78. The molecule has 0 aromatic heterocycles. The van der Waals surface area contributed by atoms with Gasteiger partial charge in [0.1, 0.15) is 11.6 Å². The van der Waals surface area contributed by atoms with Crippen molar-refractivity contribution >= 4 is 0 Å². The monoisotopic (exact) mass is 227 g/mol. The third-order valence-corrected chi connectivity index (χ3v) is 3.31. The Morgan fingerprint density at radius 3 is 2.50 bits per heavy atom. The Labute approximate surface area is 93.3 Å². The number of hydrogen-bond acceptors (Lipinski definition) is 2. The Morgan fingerprint density at radius 2 is 1.94 bits per heavy atom. The average molecular weight is 227 g/mol. The zero-order chi connectivity index (χ0) is 11.8. The molecule has 2 unspecified atom stereocenters. The van der Waals surface area contributed by atoms with E-state index in [-0.39, 0.29) is 5.92 Å². The van der Waals surface area contributed by atoms with Crippen LogP contribution in [0.15, 0.2) is 18.2 Å². The first kappa shape index (κ1) is 11.5. The van der Waals surface area contributed by atoms with Crippen molar-refractivity contribution < 1.29 is 13.9 Å². The van der Waals surface area contributed by atoms with Gasteiger partial charge in [-0.25, -0.2) is 8.78 Å². The molecule has 0 spiro atoms. The highest BCUT2D eigenvalue weighted by Crippen LogP contribution is 2.35. The zero-order valence-electron chi connectivity index (χ0n) is 9.13. The van der Waals surface area contributed by atoms with Gasteiger partial charge in [0.25, 0.3) is 0 Å². The van der Waals surface area contributed by atoms with Crippen LogP contribution in [0, 0.1) is 17.6 Å². The lowest BCUT2D eigenvalue weighted by atomic mass is 9.77. The first-order chi connectivity index (χ1) is 7.52. The summed E-state index contributed by atoms with van der Waals surface area (Å²) in [6.45, 7) is 3.17. The molecule has 0 aliphatic carbocycles. The van der Waals surface area contributed by atoms with E-state index in [1.165, 1.54) is 12.1 Å². The Hall–Kier alpha value is -1.00. The maximum absolute atomic E-state index is 13.1. The normalized spacial score (nSPS) is 30.4. The summed E-state index contributed by atoms with van der Waals surface area (Å²) < 4.78 is 26.2. The molecule has 0 amide bonds. The topological polar surface area (TPSA) is 32.3 Å². The number of rotatable bonds is 1. The molecule has 0 bridgehead atoms. The molecule has 2 rings (SSSR count). The lowest BCUT2D eigenvalue weighted by Crippen LogP contribution is -2.46. The highest BCUT2D eigenvalue weighted by molar-refractivity contribution is 5.26. The summed E-state index contributed by atoms with van der Waals surface area (Å²) in [5.74, 6) is -1.36. The molecule has 1 aliphatic heterocycles. The van der Waals surface area contributed by atoms with Crippen LogP contribution in [0.2, 0.25) is 0 Å². The predicted molar refractivity (Wildman–Crippen MR) is 56.9 cm³/mol. The van der Waals surface area contributed by atoms with Gasteiger partial charge in [0.05, 0.1) is 5.60 Å². The largest absolute Gasteiger partial charge is 0.385 e. The van der Waals surface area contributed by atoms with Crippen LogP contribution in [0.1, 0.15) is 18.9 Å². The molecule has 0 saturated carbocycles. The molecule has 1 aromatic carbocycles.